The van der Waals surface area contributed by atoms with Crippen LogP contribution in [0.25, 0.3) is 6.08 Å². The Morgan fingerprint density at radius 2 is 1.97 bits per heavy atom. The summed E-state index contributed by atoms with van der Waals surface area (Å²) in [6, 6.07) is 12.4. The lowest BCUT2D eigenvalue weighted by atomic mass is 9.89. The van der Waals surface area contributed by atoms with Gasteiger partial charge in [0.25, 0.3) is 5.91 Å². The van der Waals surface area contributed by atoms with Crippen LogP contribution >= 0.6 is 0 Å². The van der Waals surface area contributed by atoms with Crippen LogP contribution in [0.15, 0.2) is 52.9 Å². The maximum atomic E-state index is 13.1. The van der Waals surface area contributed by atoms with E-state index < -0.39 is 15.6 Å². The maximum absolute atomic E-state index is 13.1. The molecule has 2 N–H and O–H groups in total. The molecule has 2 aromatic carbocycles. The van der Waals surface area contributed by atoms with Crippen molar-refractivity contribution in [3.63, 3.8) is 0 Å². The lowest BCUT2D eigenvalue weighted by molar-refractivity contribution is -0.124. The Balaban J connectivity index is 1.39. The van der Waals surface area contributed by atoms with Gasteiger partial charge in [0.1, 0.15) is 11.4 Å². The lowest BCUT2D eigenvalue weighted by Crippen LogP contribution is -2.50. The second-order valence-electron chi connectivity index (χ2n) is 10.4. The van der Waals surface area contributed by atoms with Crippen LogP contribution < -0.4 is 15.6 Å². The van der Waals surface area contributed by atoms with Crippen molar-refractivity contribution >= 4 is 27.8 Å². The number of likely N-dealkylation sites (N-methyl/N-ethyl adjacent to an activating group) is 1. The van der Waals surface area contributed by atoms with E-state index in [9.17, 15) is 17.7 Å². The molecule has 0 aliphatic carbocycles. The molecule has 0 radical (unpaired) electrons. The molecule has 39 heavy (non-hydrogen) atoms. The molecule has 11 heteroatoms. The van der Waals surface area contributed by atoms with Gasteiger partial charge in [0.2, 0.25) is 10.0 Å². The van der Waals surface area contributed by atoms with Crippen LogP contribution in [0.4, 0.5) is 4.53 Å². The predicted octanol–water partition coefficient (Wildman–Crippen LogP) is 3.18. The van der Waals surface area contributed by atoms with E-state index in [4.69, 9.17) is 0 Å². The molecule has 1 fully saturated rings. The summed E-state index contributed by atoms with van der Waals surface area (Å²) < 4.78 is 40.2. The molecule has 210 valence electrons. The molecule has 1 saturated heterocycles. The van der Waals surface area contributed by atoms with Crippen LogP contribution in [0.2, 0.25) is 0 Å². The second-order valence-corrected chi connectivity index (χ2v) is 12.2. The van der Waals surface area contributed by atoms with Gasteiger partial charge < -0.3 is 15.5 Å². The SMILES string of the molecule is Cc1cc(C(C)NCCN(C)C)ccc1/C=C/S(=O)(=O)N1CCC2(CC1)N=C(c1cccc(OF)c1)NC2=O. The van der Waals surface area contributed by atoms with Crippen LogP contribution in [0.1, 0.15) is 48.1 Å². The Hall–Kier alpha value is -3.12. The van der Waals surface area contributed by atoms with Crippen LogP contribution in [0.5, 0.6) is 5.75 Å². The normalized spacial score (nSPS) is 18.5. The molecule has 0 aromatic heterocycles. The minimum absolute atomic E-state index is 0.00848. The monoisotopic (exact) mass is 557 g/mol. The van der Waals surface area contributed by atoms with Gasteiger partial charge in [-0.1, -0.05) is 30.3 Å². The van der Waals surface area contributed by atoms with Crippen molar-refractivity contribution in [2.75, 3.05) is 40.3 Å². The number of nitrogens with one attached hydrogen (secondary N) is 2. The van der Waals surface area contributed by atoms with Gasteiger partial charge in [-0.25, -0.2) is 8.42 Å². The number of amides is 1. The van der Waals surface area contributed by atoms with E-state index in [-0.39, 0.29) is 43.6 Å². The third-order valence-corrected chi connectivity index (χ3v) is 8.87. The number of benzene rings is 2. The van der Waals surface area contributed by atoms with Crippen molar-refractivity contribution < 1.29 is 22.7 Å². The largest absolute Gasteiger partial charge is 0.309 e. The number of sulfonamides is 1. The molecule has 1 amide bonds. The molecule has 2 heterocycles. The topological polar surface area (TPSA) is 103 Å². The van der Waals surface area contributed by atoms with Crippen molar-refractivity contribution in [2.24, 2.45) is 4.99 Å². The zero-order chi connectivity index (χ0) is 28.2. The Morgan fingerprint density at radius 3 is 2.64 bits per heavy atom. The molecule has 4 rings (SSSR count). The van der Waals surface area contributed by atoms with Crippen molar-refractivity contribution in [3.05, 3.63) is 70.1 Å². The summed E-state index contributed by atoms with van der Waals surface area (Å²) in [6.45, 7) is 6.23. The summed E-state index contributed by atoms with van der Waals surface area (Å²) in [4.78, 5) is 23.3. The molecular formula is C28H36FN5O4S. The molecule has 0 bridgehead atoms. The zero-order valence-electron chi connectivity index (χ0n) is 22.8. The number of piperidine rings is 1. The first-order chi connectivity index (χ1) is 18.5. The number of hydrogen-bond donors (Lipinski definition) is 2. The highest BCUT2D eigenvalue weighted by atomic mass is 32.2. The van der Waals surface area contributed by atoms with Crippen molar-refractivity contribution in [1.29, 1.82) is 0 Å². The number of rotatable bonds is 10. The Kier molecular flexibility index (Phi) is 8.85. The van der Waals surface area contributed by atoms with E-state index in [1.807, 2.05) is 33.2 Å². The van der Waals surface area contributed by atoms with E-state index in [0.29, 0.717) is 11.4 Å². The molecule has 0 saturated carbocycles. The minimum Gasteiger partial charge on any atom is -0.309 e. The van der Waals surface area contributed by atoms with Crippen molar-refractivity contribution in [3.8, 4) is 5.75 Å². The summed E-state index contributed by atoms with van der Waals surface area (Å²) in [5.74, 6) is 0.0585. The first-order valence-corrected chi connectivity index (χ1v) is 14.5. The number of hydrogen-bond acceptors (Lipinski definition) is 7. The van der Waals surface area contributed by atoms with Crippen LogP contribution in [0, 0.1) is 6.92 Å². The Bertz CT molecular complexity index is 1370. The quantitative estimate of drug-likeness (QED) is 0.465. The number of carbonyl (C=O) groups is 1. The first kappa shape index (κ1) is 28.9. The highest BCUT2D eigenvalue weighted by Crippen LogP contribution is 2.33. The first-order valence-electron chi connectivity index (χ1n) is 13.0. The lowest BCUT2D eigenvalue weighted by Gasteiger charge is -2.34. The third-order valence-electron chi connectivity index (χ3n) is 7.31. The van der Waals surface area contributed by atoms with E-state index in [1.54, 1.807) is 18.2 Å². The van der Waals surface area contributed by atoms with Crippen LogP contribution in [-0.4, -0.2) is 75.2 Å². The van der Waals surface area contributed by atoms with E-state index in [0.717, 1.165) is 29.8 Å². The molecular weight excluding hydrogens is 521 g/mol. The standard InChI is InChI=1S/C28H36FN5O4S/c1-20-18-23(21(2)30-13-16-33(3)4)9-8-22(20)10-17-39(36,37)34-14-11-28(12-15-34)27(35)31-26(32-28)24-6-5-7-25(19-24)38-29/h5-10,17-19,21,30H,11-16H2,1-4H3,(H,31,32,35)/b17-10+. The molecule has 1 atom stereocenters. The molecule has 2 aliphatic heterocycles. The second kappa shape index (κ2) is 12.0. The number of halogens is 1. The number of carbonyl (C=O) groups excluding carboxylic acids is 1. The zero-order valence-corrected chi connectivity index (χ0v) is 23.6. The maximum Gasteiger partial charge on any atom is 0.253 e. The van der Waals surface area contributed by atoms with Gasteiger partial charge in [-0.3, -0.25) is 14.7 Å². The summed E-state index contributed by atoms with van der Waals surface area (Å²) >= 11 is 0. The molecule has 1 unspecified atom stereocenters. The van der Waals surface area contributed by atoms with Crippen molar-refractivity contribution in [1.82, 2.24) is 19.8 Å². The van der Waals surface area contributed by atoms with Gasteiger partial charge in [0, 0.05) is 47.7 Å². The Labute approximate surface area is 229 Å². The van der Waals surface area contributed by atoms with Gasteiger partial charge in [0.05, 0.1) is 0 Å². The molecule has 2 aliphatic rings. The average molecular weight is 558 g/mol. The fraction of sp³-hybridized carbons (Fsp3) is 0.429. The number of aliphatic imine (C=N–C) groups is 1. The van der Waals surface area contributed by atoms with Gasteiger partial charge in [0.15, 0.2) is 5.75 Å². The number of amidine groups is 1. The van der Waals surface area contributed by atoms with E-state index in [1.165, 1.54) is 21.8 Å². The van der Waals surface area contributed by atoms with Crippen LogP contribution in [-0.2, 0) is 14.8 Å². The summed E-state index contributed by atoms with van der Waals surface area (Å²) in [5.41, 5.74) is 2.45. The van der Waals surface area contributed by atoms with E-state index >= 15 is 0 Å². The minimum atomic E-state index is -3.69. The van der Waals surface area contributed by atoms with Gasteiger partial charge in [-0.15, -0.1) is 0 Å². The fourth-order valence-corrected chi connectivity index (χ4v) is 6.00. The fourth-order valence-electron chi connectivity index (χ4n) is 4.82. The summed E-state index contributed by atoms with van der Waals surface area (Å²) in [6.07, 6.45) is 2.13. The van der Waals surface area contributed by atoms with Crippen molar-refractivity contribution in [2.45, 2.75) is 38.3 Å². The average Bonchev–Trinajstić information content (AvgIpc) is 3.23. The molecule has 2 aromatic rings. The smallest absolute Gasteiger partial charge is 0.253 e. The van der Waals surface area contributed by atoms with Gasteiger partial charge in [-0.05, 0) is 75.7 Å². The van der Waals surface area contributed by atoms with Gasteiger partial charge >= 0.3 is 0 Å². The van der Waals surface area contributed by atoms with Gasteiger partial charge in [-0.2, -0.15) is 4.31 Å². The third kappa shape index (κ3) is 6.73. The highest BCUT2D eigenvalue weighted by Gasteiger charge is 2.47. The summed E-state index contributed by atoms with van der Waals surface area (Å²) in [7, 11) is 0.390. The highest BCUT2D eigenvalue weighted by molar-refractivity contribution is 7.92. The van der Waals surface area contributed by atoms with Crippen LogP contribution in [0.3, 0.4) is 0 Å². The van der Waals surface area contributed by atoms with E-state index in [2.05, 4.69) is 38.5 Å². The molecule has 1 spiro atoms. The molecule has 9 nitrogen and oxygen atoms in total. The Morgan fingerprint density at radius 1 is 1.23 bits per heavy atom. The number of aryl methyl sites for hydroxylation is 1. The predicted molar refractivity (Wildman–Crippen MR) is 151 cm³/mol. The number of nitrogens with zero attached hydrogens (tertiary/aromatic N) is 3. The summed E-state index contributed by atoms with van der Waals surface area (Å²) in [5, 5.41) is 7.49.